The van der Waals surface area contributed by atoms with E-state index in [1.165, 1.54) is 12.5 Å². The van der Waals surface area contributed by atoms with Gasteiger partial charge in [-0.2, -0.15) is 9.67 Å². The normalized spacial score (nSPS) is 10.8. The van der Waals surface area contributed by atoms with E-state index in [4.69, 9.17) is 20.4 Å². The molecule has 26 heavy (non-hydrogen) atoms. The van der Waals surface area contributed by atoms with Gasteiger partial charge in [-0.1, -0.05) is 23.7 Å². The average Bonchev–Trinajstić information content (AvgIpc) is 3.40. The topological polar surface area (TPSA) is 86.1 Å². The summed E-state index contributed by atoms with van der Waals surface area (Å²) in [5.41, 5.74) is 0.942. The lowest BCUT2D eigenvalue weighted by Crippen LogP contribution is -2.17. The Labute approximate surface area is 153 Å². The van der Waals surface area contributed by atoms with Crippen molar-refractivity contribution in [2.45, 2.75) is 6.54 Å². The highest BCUT2D eigenvalue weighted by molar-refractivity contribution is 6.30. The van der Waals surface area contributed by atoms with Crippen molar-refractivity contribution in [1.29, 1.82) is 0 Å². The molecule has 0 atom stereocenters. The van der Waals surface area contributed by atoms with Gasteiger partial charge >= 0.3 is 5.91 Å². The summed E-state index contributed by atoms with van der Waals surface area (Å²) >= 11 is 6.01. The van der Waals surface area contributed by atoms with Gasteiger partial charge < -0.3 is 14.2 Å². The first-order valence-electron chi connectivity index (χ1n) is 7.78. The second-order valence-electron chi connectivity index (χ2n) is 5.41. The molecule has 0 saturated heterocycles. The fourth-order valence-corrected chi connectivity index (χ4v) is 2.62. The molecule has 1 aromatic carbocycles. The van der Waals surface area contributed by atoms with Gasteiger partial charge in [0.25, 0.3) is 0 Å². The first-order chi connectivity index (χ1) is 12.7. The van der Waals surface area contributed by atoms with Crippen LogP contribution >= 0.6 is 11.6 Å². The molecule has 4 aromatic rings. The highest BCUT2D eigenvalue weighted by Gasteiger charge is 2.21. The van der Waals surface area contributed by atoms with Crippen molar-refractivity contribution in [1.82, 2.24) is 14.8 Å². The van der Waals surface area contributed by atoms with Crippen LogP contribution in [0.15, 0.2) is 69.9 Å². The van der Waals surface area contributed by atoms with Gasteiger partial charge in [0.15, 0.2) is 11.5 Å². The van der Waals surface area contributed by atoms with Crippen molar-refractivity contribution in [3.05, 3.63) is 77.4 Å². The number of carbonyl (C=O) groups excluding carboxylic acids is 1. The molecule has 130 valence electrons. The molecule has 0 fully saturated rings. The lowest BCUT2D eigenvalue weighted by Gasteiger charge is -2.06. The van der Waals surface area contributed by atoms with Crippen LogP contribution in [0.1, 0.15) is 16.1 Å². The van der Waals surface area contributed by atoms with Gasteiger partial charge in [0.1, 0.15) is 0 Å². The molecule has 1 N–H and O–H groups in total. The average molecular weight is 369 g/mol. The van der Waals surface area contributed by atoms with Crippen LogP contribution in [-0.4, -0.2) is 20.7 Å². The number of furan rings is 2. The number of hydrogen-bond donors (Lipinski definition) is 1. The summed E-state index contributed by atoms with van der Waals surface area (Å²) in [5.74, 6) is 0.753. The third kappa shape index (κ3) is 3.25. The molecule has 0 unspecified atom stereocenters. The Balaban J connectivity index is 1.66. The van der Waals surface area contributed by atoms with E-state index in [9.17, 15) is 4.79 Å². The van der Waals surface area contributed by atoms with Gasteiger partial charge in [-0.05, 0) is 42.0 Å². The van der Waals surface area contributed by atoms with Gasteiger partial charge in [0, 0.05) is 11.6 Å². The number of carbonyl (C=O) groups is 1. The van der Waals surface area contributed by atoms with E-state index in [0.29, 0.717) is 23.2 Å². The quantitative estimate of drug-likeness (QED) is 0.571. The van der Waals surface area contributed by atoms with E-state index >= 15 is 0 Å². The predicted molar refractivity (Wildman–Crippen MR) is 94.9 cm³/mol. The number of hydrogen-bond acceptors (Lipinski definition) is 6. The third-order valence-corrected chi connectivity index (χ3v) is 3.85. The van der Waals surface area contributed by atoms with Gasteiger partial charge in [-0.3, -0.25) is 4.79 Å². The van der Waals surface area contributed by atoms with E-state index in [2.05, 4.69) is 15.4 Å². The molecule has 0 aliphatic carbocycles. The molecule has 0 aliphatic heterocycles. The smallest absolute Gasteiger partial charge is 0.317 e. The number of benzene rings is 1. The molecule has 0 spiro atoms. The lowest BCUT2D eigenvalue weighted by atomic mass is 10.2. The Kier molecular flexibility index (Phi) is 4.28. The number of nitrogens with one attached hydrogen (secondary N) is 1. The summed E-state index contributed by atoms with van der Waals surface area (Å²) in [6.45, 7) is 0.419. The fraction of sp³-hybridized carbons (Fsp3) is 0.0556. The van der Waals surface area contributed by atoms with Crippen LogP contribution in [0.25, 0.3) is 11.6 Å². The maximum atomic E-state index is 12.7. The molecule has 0 bridgehead atoms. The van der Waals surface area contributed by atoms with Crippen molar-refractivity contribution in [2.24, 2.45) is 0 Å². The van der Waals surface area contributed by atoms with Crippen LogP contribution in [0.5, 0.6) is 0 Å². The summed E-state index contributed by atoms with van der Waals surface area (Å²) in [5, 5.41) is 7.99. The second kappa shape index (κ2) is 6.89. The number of rotatable bonds is 5. The molecule has 0 radical (unpaired) electrons. The molecule has 8 heteroatoms. The van der Waals surface area contributed by atoms with E-state index in [1.54, 1.807) is 30.3 Å². The van der Waals surface area contributed by atoms with Crippen LogP contribution in [-0.2, 0) is 6.54 Å². The summed E-state index contributed by atoms with van der Waals surface area (Å²) in [6, 6.07) is 14.0. The molecule has 4 rings (SSSR count). The number of halogens is 1. The number of anilines is 1. The fourth-order valence-electron chi connectivity index (χ4n) is 2.41. The molecule has 3 aromatic heterocycles. The summed E-state index contributed by atoms with van der Waals surface area (Å²) in [7, 11) is 0. The molecule has 0 aliphatic rings. The van der Waals surface area contributed by atoms with Crippen molar-refractivity contribution in [2.75, 3.05) is 5.32 Å². The highest BCUT2D eigenvalue weighted by atomic mass is 35.5. The third-order valence-electron chi connectivity index (χ3n) is 3.61. The zero-order valence-corrected chi connectivity index (χ0v) is 14.2. The largest absolute Gasteiger partial charge is 0.461 e. The minimum atomic E-state index is -0.436. The monoisotopic (exact) mass is 368 g/mol. The van der Waals surface area contributed by atoms with Crippen LogP contribution in [0.4, 0.5) is 5.95 Å². The van der Waals surface area contributed by atoms with E-state index in [-0.39, 0.29) is 11.7 Å². The van der Waals surface area contributed by atoms with Gasteiger partial charge in [0.05, 0.1) is 12.5 Å². The Morgan fingerprint density at radius 3 is 2.69 bits per heavy atom. The van der Waals surface area contributed by atoms with Crippen LogP contribution in [0, 0.1) is 0 Å². The summed E-state index contributed by atoms with van der Waals surface area (Å²) < 4.78 is 11.6. The number of nitrogens with zero attached hydrogens (tertiary/aromatic N) is 3. The molecule has 0 saturated carbocycles. The molecular weight excluding hydrogens is 356 g/mol. The second-order valence-corrected chi connectivity index (χ2v) is 5.85. The Hall–Kier alpha value is -3.32. The van der Waals surface area contributed by atoms with Crippen LogP contribution in [0.2, 0.25) is 5.02 Å². The molecule has 7 nitrogen and oxygen atoms in total. The first-order valence-corrected chi connectivity index (χ1v) is 8.16. The SMILES string of the molecule is O=C(c1ccco1)n1nc(-c2ccco2)nc1NCc1cccc(Cl)c1. The lowest BCUT2D eigenvalue weighted by molar-refractivity contribution is 0.0919. The highest BCUT2D eigenvalue weighted by Crippen LogP contribution is 2.20. The van der Waals surface area contributed by atoms with E-state index < -0.39 is 5.91 Å². The van der Waals surface area contributed by atoms with Crippen LogP contribution in [0.3, 0.4) is 0 Å². The Bertz CT molecular complexity index is 1020. The van der Waals surface area contributed by atoms with Crippen molar-refractivity contribution in [3.8, 4) is 11.6 Å². The van der Waals surface area contributed by atoms with Crippen molar-refractivity contribution >= 4 is 23.5 Å². The minimum Gasteiger partial charge on any atom is -0.461 e. The van der Waals surface area contributed by atoms with Gasteiger partial charge in [-0.25, -0.2) is 0 Å². The maximum Gasteiger partial charge on any atom is 0.317 e. The van der Waals surface area contributed by atoms with Gasteiger partial charge in [0.2, 0.25) is 11.8 Å². The first kappa shape index (κ1) is 16.2. The standard InChI is InChI=1S/C18H13ClN4O3/c19-13-5-1-4-12(10-13)11-20-18-21-16(14-6-2-8-25-14)22-23(18)17(24)15-7-3-9-26-15/h1-10H,11H2,(H,20,21,22). The minimum absolute atomic E-state index is 0.159. The Morgan fingerprint density at radius 2 is 1.96 bits per heavy atom. The Morgan fingerprint density at radius 1 is 1.12 bits per heavy atom. The van der Waals surface area contributed by atoms with E-state index in [1.807, 2.05) is 18.2 Å². The summed E-state index contributed by atoms with van der Waals surface area (Å²) in [4.78, 5) is 17.0. The maximum absolute atomic E-state index is 12.7. The zero-order valence-electron chi connectivity index (χ0n) is 13.4. The molecule has 3 heterocycles. The molecule has 0 amide bonds. The van der Waals surface area contributed by atoms with Crippen molar-refractivity contribution < 1.29 is 13.6 Å². The van der Waals surface area contributed by atoms with Gasteiger partial charge in [-0.15, -0.1) is 5.10 Å². The number of aromatic nitrogens is 3. The molecular formula is C18H13ClN4O3. The summed E-state index contributed by atoms with van der Waals surface area (Å²) in [6.07, 6.45) is 2.94. The van der Waals surface area contributed by atoms with Crippen LogP contribution < -0.4 is 5.32 Å². The van der Waals surface area contributed by atoms with E-state index in [0.717, 1.165) is 10.2 Å². The predicted octanol–water partition coefficient (Wildman–Crippen LogP) is 4.09. The zero-order chi connectivity index (χ0) is 17.9. The van der Waals surface area contributed by atoms with Crippen molar-refractivity contribution in [3.63, 3.8) is 0 Å².